The number of hydrogen-bond acceptors (Lipinski definition) is 5. The number of nitrogens with zero attached hydrogens (tertiary/aromatic N) is 5. The third-order valence-corrected chi connectivity index (χ3v) is 12.1. The summed E-state index contributed by atoms with van der Waals surface area (Å²) in [5.74, 6) is 1.93. The van der Waals surface area contributed by atoms with Crippen LogP contribution in [0.25, 0.3) is 94.1 Å². The van der Waals surface area contributed by atoms with Crippen LogP contribution in [0, 0.1) is 0 Å². The van der Waals surface area contributed by atoms with Crippen LogP contribution < -0.4 is 0 Å². The van der Waals surface area contributed by atoms with Crippen LogP contribution >= 0.6 is 11.3 Å². The first-order valence-electron chi connectivity index (χ1n) is 18.5. The zero-order valence-electron chi connectivity index (χ0n) is 30.2. The van der Waals surface area contributed by atoms with Gasteiger partial charge in [0.25, 0.3) is 0 Å². The highest BCUT2D eigenvalue weighted by Crippen LogP contribution is 2.53. The van der Waals surface area contributed by atoms with Gasteiger partial charge in [0.1, 0.15) is 0 Å². The van der Waals surface area contributed by atoms with Crippen molar-refractivity contribution in [1.29, 1.82) is 0 Å². The van der Waals surface area contributed by atoms with Crippen molar-refractivity contribution in [2.75, 3.05) is 0 Å². The Morgan fingerprint density at radius 2 is 1.13 bits per heavy atom. The highest BCUT2D eigenvalue weighted by atomic mass is 32.1. The molecule has 11 rings (SSSR count). The molecule has 0 atom stereocenters. The van der Waals surface area contributed by atoms with Crippen LogP contribution in [0.2, 0.25) is 0 Å². The molecule has 3 aromatic heterocycles. The highest BCUT2D eigenvalue weighted by Gasteiger charge is 2.37. The summed E-state index contributed by atoms with van der Waals surface area (Å²) < 4.78 is 3.64. The maximum atomic E-state index is 5.02. The van der Waals surface area contributed by atoms with Gasteiger partial charge in [-0.3, -0.25) is 0 Å². The van der Waals surface area contributed by atoms with Gasteiger partial charge in [-0.25, -0.2) is 19.9 Å². The number of para-hydroxylation sites is 1. The largest absolute Gasteiger partial charge is 0.309 e. The molecule has 0 radical (unpaired) electrons. The lowest BCUT2D eigenvalue weighted by molar-refractivity contribution is 0.661. The lowest BCUT2D eigenvalue weighted by atomic mass is 9.81. The molecule has 0 N–H and O–H groups in total. The summed E-state index contributed by atoms with van der Waals surface area (Å²) in [6, 6.07) is 55.8. The Kier molecular flexibility index (Phi) is 7.00. The van der Waals surface area contributed by atoms with E-state index in [1.165, 1.54) is 48.9 Å². The number of benzene rings is 7. The van der Waals surface area contributed by atoms with E-state index in [0.717, 1.165) is 38.9 Å². The van der Waals surface area contributed by atoms with Gasteiger partial charge in [0.05, 0.1) is 26.8 Å². The first-order chi connectivity index (χ1) is 27.0. The van der Waals surface area contributed by atoms with E-state index in [9.17, 15) is 0 Å². The molecule has 0 amide bonds. The molecule has 0 saturated carbocycles. The van der Waals surface area contributed by atoms with Gasteiger partial charge in [-0.2, -0.15) is 0 Å². The van der Waals surface area contributed by atoms with Crippen LogP contribution in [-0.2, 0) is 5.41 Å². The molecule has 0 bridgehead atoms. The Bertz CT molecular complexity index is 3070. The quantitative estimate of drug-likeness (QED) is 0.177. The summed E-state index contributed by atoms with van der Waals surface area (Å²) in [6.45, 7) is 4.70. The van der Waals surface area contributed by atoms with E-state index < -0.39 is 0 Å². The van der Waals surface area contributed by atoms with E-state index in [0.29, 0.717) is 17.5 Å². The highest BCUT2D eigenvalue weighted by molar-refractivity contribution is 7.17. The van der Waals surface area contributed by atoms with Gasteiger partial charge in [0, 0.05) is 44.1 Å². The van der Waals surface area contributed by atoms with Gasteiger partial charge >= 0.3 is 0 Å². The molecule has 0 fully saturated rings. The monoisotopic (exact) mass is 723 g/mol. The fourth-order valence-electron chi connectivity index (χ4n) is 8.47. The SMILES string of the molecule is CC1(C)c2cc(-c3ccc4c(c3)c3ccccc3n4-c3cccc(-c4nc(-c5ccccc5)nc(-c5ccccc5)n4)c3)ccc2-c2c1ccc1ncsc21. The van der Waals surface area contributed by atoms with Gasteiger partial charge in [-0.1, -0.05) is 129 Å². The molecule has 1 aliphatic rings. The van der Waals surface area contributed by atoms with Gasteiger partial charge < -0.3 is 4.57 Å². The van der Waals surface area contributed by atoms with Crippen LogP contribution in [-0.4, -0.2) is 24.5 Å². The zero-order valence-corrected chi connectivity index (χ0v) is 31.0. The molecule has 260 valence electrons. The number of hydrogen-bond donors (Lipinski definition) is 0. The van der Waals surface area contributed by atoms with Crippen LogP contribution in [0.1, 0.15) is 25.0 Å². The standard InChI is InChI=1S/C49H33N5S/c1-49(2)39-23-24-41-45(55-29-50-41)44(39)37-22-20-33(28-40(37)49)32-21-25-43-38(27-32)36-18-9-10-19-42(36)54(43)35-17-11-16-34(26-35)48-52-46(30-12-5-3-6-13-30)51-47(53-48)31-14-7-4-8-15-31/h3-29H,1-2H3. The van der Waals surface area contributed by atoms with E-state index in [4.69, 9.17) is 15.0 Å². The fourth-order valence-corrected chi connectivity index (χ4v) is 9.32. The number of rotatable bonds is 5. The minimum Gasteiger partial charge on any atom is -0.309 e. The van der Waals surface area contributed by atoms with Gasteiger partial charge in [0.15, 0.2) is 17.5 Å². The van der Waals surface area contributed by atoms with Gasteiger partial charge in [-0.15, -0.1) is 11.3 Å². The van der Waals surface area contributed by atoms with E-state index in [-0.39, 0.29) is 5.41 Å². The average molecular weight is 724 g/mol. The normalized spacial score (nSPS) is 13.1. The third kappa shape index (κ3) is 4.99. The van der Waals surface area contributed by atoms with E-state index >= 15 is 0 Å². The van der Waals surface area contributed by atoms with E-state index in [1.807, 2.05) is 66.2 Å². The molecule has 6 heteroatoms. The minimum absolute atomic E-state index is 0.105. The molecule has 7 aromatic carbocycles. The topological polar surface area (TPSA) is 56.5 Å². The van der Waals surface area contributed by atoms with Crippen LogP contribution in [0.3, 0.4) is 0 Å². The van der Waals surface area contributed by atoms with Crippen molar-refractivity contribution in [3.05, 3.63) is 174 Å². The second kappa shape index (κ2) is 12.1. The summed E-state index contributed by atoms with van der Waals surface area (Å²) in [6.07, 6.45) is 0. The van der Waals surface area contributed by atoms with Crippen molar-refractivity contribution in [2.45, 2.75) is 19.3 Å². The van der Waals surface area contributed by atoms with Crippen LogP contribution in [0.4, 0.5) is 0 Å². The third-order valence-electron chi connectivity index (χ3n) is 11.2. The fraction of sp³-hybridized carbons (Fsp3) is 0.0612. The molecular weight excluding hydrogens is 691 g/mol. The van der Waals surface area contributed by atoms with Crippen LogP contribution in [0.15, 0.2) is 163 Å². The predicted molar refractivity (Wildman–Crippen MR) is 227 cm³/mol. The molecule has 0 spiro atoms. The van der Waals surface area contributed by atoms with Crippen molar-refractivity contribution in [1.82, 2.24) is 24.5 Å². The maximum Gasteiger partial charge on any atom is 0.164 e. The van der Waals surface area contributed by atoms with Gasteiger partial charge in [0.2, 0.25) is 0 Å². The lowest BCUT2D eigenvalue weighted by Gasteiger charge is -2.22. The minimum atomic E-state index is -0.105. The Morgan fingerprint density at radius 3 is 1.89 bits per heavy atom. The predicted octanol–water partition coefficient (Wildman–Crippen LogP) is 12.6. The summed E-state index contributed by atoms with van der Waals surface area (Å²) in [7, 11) is 0. The van der Waals surface area contributed by atoms with Crippen molar-refractivity contribution in [3.8, 4) is 62.1 Å². The zero-order chi connectivity index (χ0) is 36.7. The summed E-state index contributed by atoms with van der Waals surface area (Å²) in [4.78, 5) is 19.6. The molecule has 55 heavy (non-hydrogen) atoms. The molecule has 1 aliphatic carbocycles. The summed E-state index contributed by atoms with van der Waals surface area (Å²) in [5, 5.41) is 2.43. The molecule has 0 saturated heterocycles. The Hall–Kier alpha value is -6.76. The molecule has 5 nitrogen and oxygen atoms in total. The van der Waals surface area contributed by atoms with Crippen molar-refractivity contribution in [2.24, 2.45) is 0 Å². The number of aromatic nitrogens is 5. The molecule has 10 aromatic rings. The average Bonchev–Trinajstić information content (AvgIpc) is 3.92. The molecule has 3 heterocycles. The number of thiazole rings is 1. The lowest BCUT2D eigenvalue weighted by Crippen LogP contribution is -2.14. The Balaban J connectivity index is 1.04. The molecular formula is C49H33N5S. The maximum absolute atomic E-state index is 5.02. The number of fused-ring (bicyclic) bond motifs is 8. The smallest absolute Gasteiger partial charge is 0.164 e. The first-order valence-corrected chi connectivity index (χ1v) is 19.4. The van der Waals surface area contributed by atoms with Gasteiger partial charge in [-0.05, 0) is 70.3 Å². The Labute approximate surface area is 322 Å². The summed E-state index contributed by atoms with van der Waals surface area (Å²) >= 11 is 1.74. The molecule has 0 unspecified atom stereocenters. The Morgan fingerprint density at radius 1 is 0.491 bits per heavy atom. The second-order valence-electron chi connectivity index (χ2n) is 14.7. The second-order valence-corrected chi connectivity index (χ2v) is 15.6. The first kappa shape index (κ1) is 31.7. The van der Waals surface area contributed by atoms with Crippen LogP contribution in [0.5, 0.6) is 0 Å². The van der Waals surface area contributed by atoms with Crippen molar-refractivity contribution in [3.63, 3.8) is 0 Å². The summed E-state index contributed by atoms with van der Waals surface area (Å²) in [5.41, 5.74) is 16.9. The van der Waals surface area contributed by atoms with Crippen molar-refractivity contribution >= 4 is 43.4 Å². The van der Waals surface area contributed by atoms with E-state index in [2.05, 4.69) is 120 Å². The van der Waals surface area contributed by atoms with Crippen molar-refractivity contribution < 1.29 is 0 Å². The molecule has 0 aliphatic heterocycles. The van der Waals surface area contributed by atoms with E-state index in [1.54, 1.807) is 11.3 Å².